The minimum atomic E-state index is -0.783. The zero-order chi connectivity index (χ0) is 17.7. The molecule has 3 amide bonds. The molecule has 26 heavy (non-hydrogen) atoms. The van der Waals surface area contributed by atoms with Gasteiger partial charge in [0.05, 0.1) is 11.9 Å². The first kappa shape index (κ1) is 15.1. The molecule has 5 rings (SSSR count). The summed E-state index contributed by atoms with van der Waals surface area (Å²) in [5.74, 6) is 0.124. The predicted octanol–water partition coefficient (Wildman–Crippen LogP) is 3.61. The SMILES string of the molecule is O=C1NC2(CC(c3ccccc3)C2)C(=O)N1c1cncc2ccccc12. The van der Waals surface area contributed by atoms with Crippen LogP contribution < -0.4 is 10.2 Å². The van der Waals surface area contributed by atoms with Crippen molar-refractivity contribution in [2.45, 2.75) is 24.3 Å². The van der Waals surface area contributed by atoms with Gasteiger partial charge in [-0.05, 0) is 24.3 Å². The molecule has 2 heterocycles. The molecule has 5 nitrogen and oxygen atoms in total. The number of imide groups is 1. The van der Waals surface area contributed by atoms with Crippen LogP contribution in [0, 0.1) is 0 Å². The third-order valence-corrected chi connectivity index (χ3v) is 5.51. The van der Waals surface area contributed by atoms with E-state index < -0.39 is 5.54 Å². The number of pyridine rings is 1. The third kappa shape index (κ3) is 2.07. The first-order chi connectivity index (χ1) is 12.7. The lowest BCUT2D eigenvalue weighted by molar-refractivity contribution is -0.125. The summed E-state index contributed by atoms with van der Waals surface area (Å²) >= 11 is 0. The third-order valence-electron chi connectivity index (χ3n) is 5.51. The van der Waals surface area contributed by atoms with Crippen molar-refractivity contribution in [3.63, 3.8) is 0 Å². The number of benzene rings is 2. The molecule has 1 spiro atoms. The maximum Gasteiger partial charge on any atom is 0.329 e. The van der Waals surface area contributed by atoms with Crippen LogP contribution in [0.1, 0.15) is 24.3 Å². The summed E-state index contributed by atoms with van der Waals surface area (Å²) in [6, 6.07) is 17.4. The van der Waals surface area contributed by atoms with Crippen molar-refractivity contribution in [3.8, 4) is 0 Å². The number of aromatic nitrogens is 1. The van der Waals surface area contributed by atoms with E-state index in [2.05, 4.69) is 22.4 Å². The second-order valence-electron chi connectivity index (χ2n) is 7.05. The number of hydrogen-bond donors (Lipinski definition) is 1. The van der Waals surface area contributed by atoms with Gasteiger partial charge in [0.15, 0.2) is 0 Å². The molecule has 2 fully saturated rings. The minimum Gasteiger partial charge on any atom is -0.323 e. The molecule has 1 aliphatic heterocycles. The zero-order valence-electron chi connectivity index (χ0n) is 14.1. The number of hydrogen-bond acceptors (Lipinski definition) is 3. The molecular weight excluding hydrogens is 326 g/mol. The van der Waals surface area contributed by atoms with E-state index in [1.54, 1.807) is 12.4 Å². The monoisotopic (exact) mass is 343 g/mol. The van der Waals surface area contributed by atoms with Crippen LogP contribution in [0.2, 0.25) is 0 Å². The van der Waals surface area contributed by atoms with Crippen LogP contribution in [0.15, 0.2) is 67.0 Å². The number of anilines is 1. The minimum absolute atomic E-state index is 0.173. The first-order valence-electron chi connectivity index (χ1n) is 8.72. The highest BCUT2D eigenvalue weighted by atomic mass is 16.2. The van der Waals surface area contributed by atoms with E-state index in [9.17, 15) is 9.59 Å². The highest BCUT2D eigenvalue weighted by Crippen LogP contribution is 2.48. The molecule has 1 saturated heterocycles. The van der Waals surface area contributed by atoms with Gasteiger partial charge in [0.2, 0.25) is 0 Å². The summed E-state index contributed by atoms with van der Waals surface area (Å²) < 4.78 is 0. The van der Waals surface area contributed by atoms with Gasteiger partial charge in [-0.25, -0.2) is 9.69 Å². The van der Waals surface area contributed by atoms with Gasteiger partial charge in [-0.3, -0.25) is 9.78 Å². The van der Waals surface area contributed by atoms with Gasteiger partial charge in [0, 0.05) is 17.0 Å². The Morgan fingerprint density at radius 1 is 0.962 bits per heavy atom. The molecule has 0 radical (unpaired) electrons. The van der Waals surface area contributed by atoms with Crippen molar-refractivity contribution in [2.24, 2.45) is 0 Å². The number of carbonyl (C=O) groups is 2. The fourth-order valence-corrected chi connectivity index (χ4v) is 4.14. The molecule has 2 aliphatic rings. The van der Waals surface area contributed by atoms with Crippen molar-refractivity contribution >= 4 is 28.4 Å². The van der Waals surface area contributed by atoms with Gasteiger partial charge >= 0.3 is 6.03 Å². The highest BCUT2D eigenvalue weighted by molar-refractivity contribution is 6.26. The van der Waals surface area contributed by atoms with Gasteiger partial charge in [-0.2, -0.15) is 0 Å². The van der Waals surface area contributed by atoms with E-state index in [-0.39, 0.29) is 11.9 Å². The van der Waals surface area contributed by atoms with Crippen LogP contribution in [-0.4, -0.2) is 22.5 Å². The lowest BCUT2D eigenvalue weighted by Crippen LogP contribution is -2.56. The maximum absolute atomic E-state index is 13.2. The Hall–Kier alpha value is -3.21. The summed E-state index contributed by atoms with van der Waals surface area (Å²) in [6.45, 7) is 0. The number of amides is 3. The number of urea groups is 1. The number of nitrogens with one attached hydrogen (secondary N) is 1. The second-order valence-corrected chi connectivity index (χ2v) is 7.05. The topological polar surface area (TPSA) is 62.3 Å². The lowest BCUT2D eigenvalue weighted by Gasteiger charge is -2.42. The molecular formula is C21H17N3O2. The van der Waals surface area contributed by atoms with Gasteiger partial charge < -0.3 is 5.32 Å². The number of fused-ring (bicyclic) bond motifs is 1. The van der Waals surface area contributed by atoms with Crippen molar-refractivity contribution < 1.29 is 9.59 Å². The number of nitrogens with zero attached hydrogens (tertiary/aromatic N) is 2. The van der Waals surface area contributed by atoms with E-state index >= 15 is 0 Å². The summed E-state index contributed by atoms with van der Waals surface area (Å²) in [7, 11) is 0. The summed E-state index contributed by atoms with van der Waals surface area (Å²) in [5, 5.41) is 4.69. The molecule has 2 aromatic carbocycles. The molecule has 0 bridgehead atoms. The molecule has 1 saturated carbocycles. The maximum atomic E-state index is 13.2. The van der Waals surface area contributed by atoms with Crippen LogP contribution in [0.4, 0.5) is 10.5 Å². The van der Waals surface area contributed by atoms with Crippen LogP contribution in [0.3, 0.4) is 0 Å². The fraction of sp³-hybridized carbons (Fsp3) is 0.190. The van der Waals surface area contributed by atoms with Crippen molar-refractivity contribution in [1.29, 1.82) is 0 Å². The average Bonchev–Trinajstić information content (AvgIpc) is 2.91. The molecule has 1 N–H and O–H groups in total. The van der Waals surface area contributed by atoms with Gasteiger partial charge in [0.25, 0.3) is 5.91 Å². The van der Waals surface area contributed by atoms with Crippen molar-refractivity contribution in [1.82, 2.24) is 10.3 Å². The van der Waals surface area contributed by atoms with E-state index in [4.69, 9.17) is 0 Å². The summed E-state index contributed by atoms with van der Waals surface area (Å²) in [6.07, 6.45) is 4.60. The van der Waals surface area contributed by atoms with E-state index in [1.807, 2.05) is 42.5 Å². The molecule has 0 atom stereocenters. The highest BCUT2D eigenvalue weighted by Gasteiger charge is 2.59. The Bertz CT molecular complexity index is 1020. The van der Waals surface area contributed by atoms with E-state index in [0.717, 1.165) is 10.8 Å². The molecule has 0 unspecified atom stereocenters. The van der Waals surface area contributed by atoms with E-state index in [0.29, 0.717) is 24.4 Å². The Balaban J connectivity index is 1.48. The predicted molar refractivity (Wildman–Crippen MR) is 98.9 cm³/mol. The normalized spacial score (nSPS) is 24.8. The van der Waals surface area contributed by atoms with Crippen molar-refractivity contribution in [2.75, 3.05) is 4.90 Å². The lowest BCUT2D eigenvalue weighted by atomic mass is 9.65. The second kappa shape index (κ2) is 5.39. The first-order valence-corrected chi connectivity index (χ1v) is 8.72. The van der Waals surface area contributed by atoms with Crippen LogP contribution in [0.5, 0.6) is 0 Å². The van der Waals surface area contributed by atoms with Gasteiger partial charge in [-0.1, -0.05) is 54.6 Å². The van der Waals surface area contributed by atoms with E-state index in [1.165, 1.54) is 10.5 Å². The van der Waals surface area contributed by atoms with Gasteiger partial charge in [-0.15, -0.1) is 0 Å². The largest absolute Gasteiger partial charge is 0.329 e. The Morgan fingerprint density at radius 3 is 2.50 bits per heavy atom. The smallest absolute Gasteiger partial charge is 0.323 e. The summed E-state index contributed by atoms with van der Waals surface area (Å²) in [5.41, 5.74) is 0.977. The summed E-state index contributed by atoms with van der Waals surface area (Å²) in [4.78, 5) is 31.3. The Labute approximate surface area is 150 Å². The zero-order valence-corrected chi connectivity index (χ0v) is 14.1. The number of rotatable bonds is 2. The van der Waals surface area contributed by atoms with Crippen molar-refractivity contribution in [3.05, 3.63) is 72.6 Å². The molecule has 5 heteroatoms. The quantitative estimate of drug-likeness (QED) is 0.723. The van der Waals surface area contributed by atoms with Crippen LogP contribution in [0.25, 0.3) is 10.8 Å². The molecule has 3 aromatic rings. The fourth-order valence-electron chi connectivity index (χ4n) is 4.14. The average molecular weight is 343 g/mol. The molecule has 1 aromatic heterocycles. The van der Waals surface area contributed by atoms with Crippen LogP contribution >= 0.6 is 0 Å². The molecule has 1 aliphatic carbocycles. The Kier molecular flexibility index (Phi) is 3.13. The Morgan fingerprint density at radius 2 is 1.69 bits per heavy atom. The standard InChI is InChI=1S/C21H17N3O2/c25-19-21(10-16(11-21)14-6-2-1-3-7-14)23-20(26)24(19)18-13-22-12-15-8-4-5-9-17(15)18/h1-9,12-13,16H,10-11H2,(H,23,26). The number of carbonyl (C=O) groups excluding carboxylic acids is 2. The van der Waals surface area contributed by atoms with Gasteiger partial charge in [0.1, 0.15) is 5.54 Å². The molecule has 128 valence electrons. The van der Waals surface area contributed by atoms with Crippen LogP contribution in [-0.2, 0) is 4.79 Å².